The standard InChI is InChI=1S/C15H20Cl2N2O/c1-19-8-2-3-12(10-19)15(20)18-7-6-11-4-5-13(16)9-14(11)17/h4-5,9,12H,2-3,6-8,10H2,1H3,(H,18,20). The van der Waals surface area contributed by atoms with Gasteiger partial charge in [0.1, 0.15) is 0 Å². The topological polar surface area (TPSA) is 32.3 Å². The molecule has 0 radical (unpaired) electrons. The highest BCUT2D eigenvalue weighted by molar-refractivity contribution is 6.35. The summed E-state index contributed by atoms with van der Waals surface area (Å²) in [7, 11) is 2.06. The summed E-state index contributed by atoms with van der Waals surface area (Å²) < 4.78 is 0. The Kier molecular flexibility index (Phi) is 5.70. The number of hydrogen-bond acceptors (Lipinski definition) is 2. The van der Waals surface area contributed by atoms with Crippen LogP contribution >= 0.6 is 23.2 Å². The van der Waals surface area contributed by atoms with Crippen molar-refractivity contribution in [3.8, 4) is 0 Å². The second-order valence-electron chi connectivity index (χ2n) is 5.38. The van der Waals surface area contributed by atoms with Gasteiger partial charge in [-0.2, -0.15) is 0 Å². The lowest BCUT2D eigenvalue weighted by Gasteiger charge is -2.28. The van der Waals surface area contributed by atoms with Crippen LogP contribution in [0.3, 0.4) is 0 Å². The molecule has 1 aliphatic rings. The fourth-order valence-electron chi connectivity index (χ4n) is 2.57. The summed E-state index contributed by atoms with van der Waals surface area (Å²) in [4.78, 5) is 14.3. The normalized spacial score (nSPS) is 19.9. The number of benzene rings is 1. The zero-order chi connectivity index (χ0) is 14.5. The molecular weight excluding hydrogens is 295 g/mol. The number of nitrogens with one attached hydrogen (secondary N) is 1. The first-order chi connectivity index (χ1) is 9.56. The molecule has 0 bridgehead atoms. The highest BCUT2D eigenvalue weighted by atomic mass is 35.5. The number of piperidine rings is 1. The summed E-state index contributed by atoms with van der Waals surface area (Å²) >= 11 is 12.0. The van der Waals surface area contributed by atoms with E-state index < -0.39 is 0 Å². The van der Waals surface area contributed by atoms with Crippen LogP contribution in [-0.4, -0.2) is 37.5 Å². The van der Waals surface area contributed by atoms with Crippen LogP contribution in [0.4, 0.5) is 0 Å². The van der Waals surface area contributed by atoms with Gasteiger partial charge in [-0.05, 0) is 50.6 Å². The molecule has 1 aromatic carbocycles. The van der Waals surface area contributed by atoms with Gasteiger partial charge in [0.25, 0.3) is 0 Å². The molecule has 0 aromatic heterocycles. The van der Waals surface area contributed by atoms with E-state index in [1.807, 2.05) is 12.1 Å². The minimum absolute atomic E-state index is 0.120. The van der Waals surface area contributed by atoms with Crippen LogP contribution in [0.25, 0.3) is 0 Å². The first-order valence-electron chi connectivity index (χ1n) is 6.96. The first kappa shape index (κ1) is 15.6. The number of hydrogen-bond donors (Lipinski definition) is 1. The molecule has 20 heavy (non-hydrogen) atoms. The van der Waals surface area contributed by atoms with Crippen LogP contribution in [0.15, 0.2) is 18.2 Å². The summed E-state index contributed by atoms with van der Waals surface area (Å²) in [5, 5.41) is 4.30. The average molecular weight is 315 g/mol. The van der Waals surface area contributed by atoms with E-state index in [-0.39, 0.29) is 11.8 Å². The van der Waals surface area contributed by atoms with Crippen molar-refractivity contribution in [3.05, 3.63) is 33.8 Å². The van der Waals surface area contributed by atoms with Gasteiger partial charge in [0.15, 0.2) is 0 Å². The highest BCUT2D eigenvalue weighted by Gasteiger charge is 2.23. The van der Waals surface area contributed by atoms with E-state index in [2.05, 4.69) is 17.3 Å². The van der Waals surface area contributed by atoms with E-state index in [4.69, 9.17) is 23.2 Å². The van der Waals surface area contributed by atoms with Gasteiger partial charge in [0.05, 0.1) is 5.92 Å². The van der Waals surface area contributed by atoms with E-state index in [1.165, 1.54) is 0 Å². The molecule has 0 saturated carbocycles. The number of carbonyl (C=O) groups is 1. The van der Waals surface area contributed by atoms with Crippen molar-refractivity contribution in [3.63, 3.8) is 0 Å². The molecule has 1 unspecified atom stereocenters. The molecule has 1 aromatic rings. The summed E-state index contributed by atoms with van der Waals surface area (Å²) in [6.07, 6.45) is 2.81. The predicted molar refractivity (Wildman–Crippen MR) is 83.4 cm³/mol. The average Bonchev–Trinajstić information content (AvgIpc) is 2.41. The number of nitrogens with zero attached hydrogens (tertiary/aromatic N) is 1. The lowest BCUT2D eigenvalue weighted by Crippen LogP contribution is -2.41. The van der Waals surface area contributed by atoms with Crippen LogP contribution in [0, 0.1) is 5.92 Å². The van der Waals surface area contributed by atoms with Crippen molar-refractivity contribution >= 4 is 29.1 Å². The molecule has 1 atom stereocenters. The molecule has 1 N–H and O–H groups in total. The van der Waals surface area contributed by atoms with Crippen molar-refractivity contribution in [1.82, 2.24) is 10.2 Å². The summed E-state index contributed by atoms with van der Waals surface area (Å²) in [5.41, 5.74) is 1.01. The summed E-state index contributed by atoms with van der Waals surface area (Å²) in [6, 6.07) is 5.46. The van der Waals surface area contributed by atoms with Gasteiger partial charge >= 0.3 is 0 Å². The number of amides is 1. The molecular formula is C15H20Cl2N2O. The molecule has 0 spiro atoms. The molecule has 110 valence electrons. The van der Waals surface area contributed by atoms with Crippen molar-refractivity contribution in [2.75, 3.05) is 26.7 Å². The maximum atomic E-state index is 12.1. The monoisotopic (exact) mass is 314 g/mol. The first-order valence-corrected chi connectivity index (χ1v) is 7.72. The van der Waals surface area contributed by atoms with Gasteiger partial charge in [0.2, 0.25) is 5.91 Å². The van der Waals surface area contributed by atoms with Crippen LogP contribution < -0.4 is 5.32 Å². The second kappa shape index (κ2) is 7.30. The Labute approximate surface area is 130 Å². The Balaban J connectivity index is 1.79. The number of likely N-dealkylation sites (tertiary alicyclic amines) is 1. The molecule has 1 fully saturated rings. The summed E-state index contributed by atoms with van der Waals surface area (Å²) in [5.74, 6) is 0.274. The fourth-order valence-corrected chi connectivity index (χ4v) is 3.07. The number of rotatable bonds is 4. The molecule has 0 aliphatic carbocycles. The quantitative estimate of drug-likeness (QED) is 0.926. The van der Waals surface area contributed by atoms with Crippen molar-refractivity contribution in [2.45, 2.75) is 19.3 Å². The largest absolute Gasteiger partial charge is 0.355 e. The van der Waals surface area contributed by atoms with Gasteiger partial charge in [-0.3, -0.25) is 4.79 Å². The Hall–Kier alpha value is -0.770. The van der Waals surface area contributed by atoms with Crippen LogP contribution in [-0.2, 0) is 11.2 Å². The van der Waals surface area contributed by atoms with E-state index in [1.54, 1.807) is 6.07 Å². The molecule has 5 heteroatoms. The van der Waals surface area contributed by atoms with Crippen LogP contribution in [0.1, 0.15) is 18.4 Å². The highest BCUT2D eigenvalue weighted by Crippen LogP contribution is 2.21. The zero-order valence-electron chi connectivity index (χ0n) is 11.7. The molecule has 1 amide bonds. The molecule has 3 nitrogen and oxygen atoms in total. The van der Waals surface area contributed by atoms with Gasteiger partial charge in [-0.15, -0.1) is 0 Å². The Morgan fingerprint density at radius 3 is 2.95 bits per heavy atom. The molecule has 1 aliphatic heterocycles. The van der Waals surface area contributed by atoms with E-state index >= 15 is 0 Å². The fraction of sp³-hybridized carbons (Fsp3) is 0.533. The molecule has 2 rings (SSSR count). The second-order valence-corrected chi connectivity index (χ2v) is 6.22. The lowest BCUT2D eigenvalue weighted by molar-refractivity contribution is -0.126. The Morgan fingerprint density at radius 2 is 2.25 bits per heavy atom. The van der Waals surface area contributed by atoms with Gasteiger partial charge in [-0.25, -0.2) is 0 Å². The molecule has 1 heterocycles. The SMILES string of the molecule is CN1CCCC(C(=O)NCCc2ccc(Cl)cc2Cl)C1. The lowest BCUT2D eigenvalue weighted by atomic mass is 9.97. The van der Waals surface area contributed by atoms with Gasteiger partial charge in [0, 0.05) is 23.1 Å². The van der Waals surface area contributed by atoms with Crippen molar-refractivity contribution in [2.24, 2.45) is 5.92 Å². The van der Waals surface area contributed by atoms with Crippen LogP contribution in [0.2, 0.25) is 10.0 Å². The Bertz CT molecular complexity index is 479. The zero-order valence-corrected chi connectivity index (χ0v) is 13.2. The smallest absolute Gasteiger partial charge is 0.224 e. The van der Waals surface area contributed by atoms with Crippen molar-refractivity contribution in [1.29, 1.82) is 0 Å². The van der Waals surface area contributed by atoms with Gasteiger partial charge in [-0.1, -0.05) is 29.3 Å². The van der Waals surface area contributed by atoms with E-state index in [0.29, 0.717) is 16.6 Å². The summed E-state index contributed by atoms with van der Waals surface area (Å²) in [6.45, 7) is 2.55. The third-order valence-corrected chi connectivity index (χ3v) is 4.29. The van der Waals surface area contributed by atoms with E-state index in [9.17, 15) is 4.79 Å². The maximum absolute atomic E-state index is 12.1. The number of halogens is 2. The third kappa shape index (κ3) is 4.37. The molecule has 1 saturated heterocycles. The Morgan fingerprint density at radius 1 is 1.45 bits per heavy atom. The van der Waals surface area contributed by atoms with Crippen LogP contribution in [0.5, 0.6) is 0 Å². The predicted octanol–water partition coefficient (Wildman–Crippen LogP) is 2.99. The minimum Gasteiger partial charge on any atom is -0.355 e. The number of carbonyl (C=O) groups excluding carboxylic acids is 1. The maximum Gasteiger partial charge on any atom is 0.224 e. The third-order valence-electron chi connectivity index (χ3n) is 3.70. The van der Waals surface area contributed by atoms with Gasteiger partial charge < -0.3 is 10.2 Å². The van der Waals surface area contributed by atoms with E-state index in [0.717, 1.165) is 37.9 Å². The minimum atomic E-state index is 0.120. The van der Waals surface area contributed by atoms with Crippen molar-refractivity contribution < 1.29 is 4.79 Å².